The van der Waals surface area contributed by atoms with Gasteiger partial charge in [0.2, 0.25) is 0 Å². The van der Waals surface area contributed by atoms with Gasteiger partial charge in [-0.05, 0) is 36.8 Å². The average molecular weight is 191 g/mol. The van der Waals surface area contributed by atoms with Gasteiger partial charge in [-0.3, -0.25) is 0 Å². The molecular weight excluding hydrogens is 174 g/mol. The minimum Gasteiger partial charge on any atom is -0.496 e. The van der Waals surface area contributed by atoms with Gasteiger partial charge in [-0.1, -0.05) is 18.2 Å². The molecule has 0 heterocycles. The van der Waals surface area contributed by atoms with Crippen LogP contribution in [-0.4, -0.2) is 13.2 Å². The maximum atomic E-state index is 5.88. The van der Waals surface area contributed by atoms with Crippen molar-refractivity contribution < 1.29 is 4.74 Å². The van der Waals surface area contributed by atoms with Crippen molar-refractivity contribution in [1.29, 1.82) is 0 Å². The molecule has 2 rings (SSSR count). The summed E-state index contributed by atoms with van der Waals surface area (Å²) in [4.78, 5) is 0. The number of hydrogen-bond acceptors (Lipinski definition) is 2. The van der Waals surface area contributed by atoms with E-state index in [2.05, 4.69) is 19.1 Å². The van der Waals surface area contributed by atoms with Crippen molar-refractivity contribution in [2.75, 3.05) is 7.11 Å². The lowest BCUT2D eigenvalue weighted by atomic mass is 10.1. The molecule has 0 radical (unpaired) electrons. The number of ether oxygens (including phenoxy) is 1. The zero-order valence-corrected chi connectivity index (χ0v) is 8.73. The summed E-state index contributed by atoms with van der Waals surface area (Å²) in [5.41, 5.74) is 7.19. The first kappa shape index (κ1) is 9.53. The van der Waals surface area contributed by atoms with Gasteiger partial charge in [0, 0.05) is 6.04 Å². The smallest absolute Gasteiger partial charge is 0.122 e. The first-order valence-electron chi connectivity index (χ1n) is 5.12. The van der Waals surface area contributed by atoms with Gasteiger partial charge >= 0.3 is 0 Å². The normalized spacial score (nSPS) is 27.1. The van der Waals surface area contributed by atoms with Crippen LogP contribution in [0.15, 0.2) is 24.3 Å². The Hall–Kier alpha value is -1.02. The molecular formula is C12H17NO. The Kier molecular flexibility index (Phi) is 2.46. The Labute approximate surface area is 85.1 Å². The van der Waals surface area contributed by atoms with Crippen LogP contribution in [0.25, 0.3) is 0 Å². The van der Waals surface area contributed by atoms with E-state index in [4.69, 9.17) is 10.5 Å². The van der Waals surface area contributed by atoms with Crippen molar-refractivity contribution in [3.8, 4) is 5.75 Å². The molecule has 0 unspecified atom stereocenters. The van der Waals surface area contributed by atoms with Crippen LogP contribution in [0.4, 0.5) is 0 Å². The second kappa shape index (κ2) is 3.62. The van der Waals surface area contributed by atoms with Gasteiger partial charge in [0.05, 0.1) is 7.11 Å². The van der Waals surface area contributed by atoms with Crippen LogP contribution in [0.1, 0.15) is 24.8 Å². The molecule has 14 heavy (non-hydrogen) atoms. The van der Waals surface area contributed by atoms with E-state index in [0.717, 1.165) is 5.75 Å². The van der Waals surface area contributed by atoms with Crippen molar-refractivity contribution in [2.45, 2.75) is 25.3 Å². The monoisotopic (exact) mass is 191 g/mol. The van der Waals surface area contributed by atoms with Crippen LogP contribution in [-0.2, 0) is 0 Å². The Morgan fingerprint density at radius 3 is 2.71 bits per heavy atom. The van der Waals surface area contributed by atoms with Crippen LogP contribution in [0, 0.1) is 5.92 Å². The largest absolute Gasteiger partial charge is 0.496 e. The predicted octanol–water partition coefficient (Wildman–Crippen LogP) is 2.15. The fourth-order valence-electron chi connectivity index (χ4n) is 2.13. The molecule has 1 saturated carbocycles. The van der Waals surface area contributed by atoms with Crippen molar-refractivity contribution in [3.05, 3.63) is 29.8 Å². The number of hydrogen-bond donors (Lipinski definition) is 1. The highest BCUT2D eigenvalue weighted by molar-refractivity contribution is 5.39. The summed E-state index contributed by atoms with van der Waals surface area (Å²) >= 11 is 0. The first-order valence-corrected chi connectivity index (χ1v) is 5.12. The molecule has 0 aromatic heterocycles. The van der Waals surface area contributed by atoms with Crippen LogP contribution in [0.2, 0.25) is 0 Å². The lowest BCUT2D eigenvalue weighted by molar-refractivity contribution is 0.408. The minimum absolute atomic E-state index is 0.296. The van der Waals surface area contributed by atoms with Crippen molar-refractivity contribution in [3.63, 3.8) is 0 Å². The zero-order valence-electron chi connectivity index (χ0n) is 8.73. The molecule has 76 valence electrons. The zero-order chi connectivity index (χ0) is 10.1. The molecule has 2 N–H and O–H groups in total. The van der Waals surface area contributed by atoms with E-state index < -0.39 is 0 Å². The summed E-state index contributed by atoms with van der Waals surface area (Å²) in [6, 6.07) is 8.53. The van der Waals surface area contributed by atoms with Gasteiger partial charge < -0.3 is 10.5 Å². The van der Waals surface area contributed by atoms with Crippen LogP contribution < -0.4 is 10.5 Å². The Morgan fingerprint density at radius 2 is 2.14 bits per heavy atom. The molecule has 1 aromatic carbocycles. The molecule has 0 amide bonds. The summed E-state index contributed by atoms with van der Waals surface area (Å²) in [6.45, 7) is 2.08. The van der Waals surface area contributed by atoms with Gasteiger partial charge in [0.25, 0.3) is 0 Å². The number of nitrogens with two attached hydrogens (primary N) is 1. The standard InChI is InChI=1S/C12H17NO/c1-8(13)10-7-11(10)9-5-3-4-6-12(9)14-2/h3-6,8,10-11H,7,13H2,1-2H3/t8-,10-,11-/m1/s1. The number of benzene rings is 1. The highest BCUT2D eigenvalue weighted by atomic mass is 16.5. The maximum Gasteiger partial charge on any atom is 0.122 e. The Bertz CT molecular complexity index is 322. The van der Waals surface area contributed by atoms with Crippen molar-refractivity contribution in [2.24, 2.45) is 11.7 Å². The van der Waals surface area contributed by atoms with E-state index >= 15 is 0 Å². The topological polar surface area (TPSA) is 35.2 Å². The molecule has 1 aromatic rings. The summed E-state index contributed by atoms with van der Waals surface area (Å²) in [5.74, 6) is 2.26. The molecule has 1 aliphatic rings. The molecule has 0 aliphatic heterocycles. The lowest BCUT2D eigenvalue weighted by Crippen LogP contribution is -2.18. The van der Waals surface area contributed by atoms with Crippen molar-refractivity contribution >= 4 is 0 Å². The lowest BCUT2D eigenvalue weighted by Gasteiger charge is -2.08. The molecule has 0 saturated heterocycles. The van der Waals surface area contributed by atoms with Gasteiger partial charge in [0.1, 0.15) is 5.75 Å². The third-order valence-corrected chi connectivity index (χ3v) is 3.05. The highest BCUT2D eigenvalue weighted by Crippen LogP contribution is 2.51. The molecule has 3 atom stereocenters. The van der Waals surface area contributed by atoms with Gasteiger partial charge in [0.15, 0.2) is 0 Å². The van der Waals surface area contributed by atoms with Gasteiger partial charge in [-0.2, -0.15) is 0 Å². The summed E-state index contributed by atoms with van der Waals surface area (Å²) in [5, 5.41) is 0. The van der Waals surface area contributed by atoms with Crippen LogP contribution in [0.5, 0.6) is 5.75 Å². The second-order valence-corrected chi connectivity index (χ2v) is 4.11. The fraction of sp³-hybridized carbons (Fsp3) is 0.500. The van der Waals surface area contributed by atoms with Gasteiger partial charge in [-0.15, -0.1) is 0 Å². The molecule has 2 nitrogen and oxygen atoms in total. The molecule has 0 spiro atoms. The maximum absolute atomic E-state index is 5.88. The van der Waals surface area contributed by atoms with Crippen molar-refractivity contribution in [1.82, 2.24) is 0 Å². The Morgan fingerprint density at radius 1 is 1.43 bits per heavy atom. The fourth-order valence-corrected chi connectivity index (χ4v) is 2.13. The summed E-state index contributed by atoms with van der Waals surface area (Å²) < 4.78 is 5.33. The van der Waals surface area contributed by atoms with E-state index in [-0.39, 0.29) is 0 Å². The van der Waals surface area contributed by atoms with E-state index in [1.807, 2.05) is 12.1 Å². The minimum atomic E-state index is 0.296. The predicted molar refractivity (Wildman–Crippen MR) is 57.5 cm³/mol. The molecule has 2 heteroatoms. The van der Waals surface area contributed by atoms with E-state index in [9.17, 15) is 0 Å². The number of methoxy groups -OCH3 is 1. The summed E-state index contributed by atoms with van der Waals surface area (Å²) in [6.07, 6.45) is 1.21. The third-order valence-electron chi connectivity index (χ3n) is 3.05. The highest BCUT2D eigenvalue weighted by Gasteiger charge is 2.41. The van der Waals surface area contributed by atoms with E-state index in [0.29, 0.717) is 17.9 Å². The second-order valence-electron chi connectivity index (χ2n) is 4.11. The Balaban J connectivity index is 2.18. The number of para-hydroxylation sites is 1. The van der Waals surface area contributed by atoms with Crippen LogP contribution >= 0.6 is 0 Å². The average Bonchev–Trinajstić information content (AvgIpc) is 2.97. The van der Waals surface area contributed by atoms with E-state index in [1.54, 1.807) is 7.11 Å². The molecule has 1 aliphatic carbocycles. The molecule has 1 fully saturated rings. The SMILES string of the molecule is COc1ccccc1[C@H]1C[C@@H]1[C@@H](C)N. The quantitative estimate of drug-likeness (QED) is 0.794. The van der Waals surface area contributed by atoms with Gasteiger partial charge in [-0.25, -0.2) is 0 Å². The summed E-state index contributed by atoms with van der Waals surface area (Å²) in [7, 11) is 1.72. The molecule has 0 bridgehead atoms. The first-order chi connectivity index (χ1) is 6.74. The number of rotatable bonds is 3. The third kappa shape index (κ3) is 1.62. The van der Waals surface area contributed by atoms with E-state index in [1.165, 1.54) is 12.0 Å². The van der Waals surface area contributed by atoms with Crippen LogP contribution in [0.3, 0.4) is 0 Å².